The van der Waals surface area contributed by atoms with E-state index in [4.69, 9.17) is 9.47 Å². The number of ether oxygens (including phenoxy) is 2. The number of amides is 1. The summed E-state index contributed by atoms with van der Waals surface area (Å²) in [4.78, 5) is 29.7. The predicted molar refractivity (Wildman–Crippen MR) is 92.4 cm³/mol. The van der Waals surface area contributed by atoms with Gasteiger partial charge < -0.3 is 19.4 Å². The van der Waals surface area contributed by atoms with Gasteiger partial charge in [-0.2, -0.15) is 0 Å². The lowest BCUT2D eigenvalue weighted by Crippen LogP contribution is -2.45. The third-order valence-corrected chi connectivity index (χ3v) is 5.48. The van der Waals surface area contributed by atoms with Gasteiger partial charge in [-0.15, -0.1) is 0 Å². The molecule has 2 atom stereocenters. The Morgan fingerprint density at radius 2 is 2.20 bits per heavy atom. The summed E-state index contributed by atoms with van der Waals surface area (Å²) in [6.45, 7) is 0.728. The van der Waals surface area contributed by atoms with Crippen LogP contribution >= 0.6 is 0 Å². The van der Waals surface area contributed by atoms with Crippen LogP contribution in [0.4, 0.5) is 0 Å². The highest BCUT2D eigenvalue weighted by atomic mass is 16.5. The van der Waals surface area contributed by atoms with Crippen molar-refractivity contribution in [3.8, 4) is 5.75 Å². The molecule has 3 heterocycles. The number of fused-ring (bicyclic) bond motifs is 5. The minimum absolute atomic E-state index is 0.0121. The smallest absolute Gasteiger partial charge is 0.305 e. The van der Waals surface area contributed by atoms with Gasteiger partial charge in [0.05, 0.1) is 20.3 Å². The normalized spacial score (nSPS) is 22.5. The zero-order valence-corrected chi connectivity index (χ0v) is 14.5. The number of benzene rings is 1. The summed E-state index contributed by atoms with van der Waals surface area (Å²) in [5, 5.41) is 1.16. The van der Waals surface area contributed by atoms with Crippen molar-refractivity contribution in [1.82, 2.24) is 9.88 Å². The fourth-order valence-corrected chi connectivity index (χ4v) is 4.25. The van der Waals surface area contributed by atoms with Gasteiger partial charge in [0.25, 0.3) is 0 Å². The highest BCUT2D eigenvalue weighted by Gasteiger charge is 2.40. The van der Waals surface area contributed by atoms with Crippen molar-refractivity contribution in [2.24, 2.45) is 5.92 Å². The summed E-state index contributed by atoms with van der Waals surface area (Å²) in [7, 11) is 3.06. The molecule has 1 amide bonds. The number of esters is 1. The van der Waals surface area contributed by atoms with Crippen molar-refractivity contribution < 1.29 is 19.1 Å². The molecule has 25 heavy (non-hydrogen) atoms. The van der Waals surface area contributed by atoms with Crippen molar-refractivity contribution >= 4 is 22.8 Å². The number of nitrogens with one attached hydrogen (secondary N) is 1. The van der Waals surface area contributed by atoms with Crippen molar-refractivity contribution in [1.29, 1.82) is 0 Å². The maximum absolute atomic E-state index is 12.6. The summed E-state index contributed by atoms with van der Waals surface area (Å²) in [6, 6.07) is 6.02. The molecule has 0 bridgehead atoms. The van der Waals surface area contributed by atoms with E-state index in [1.807, 2.05) is 17.0 Å². The first kappa shape index (κ1) is 16.0. The minimum Gasteiger partial charge on any atom is -0.497 e. The number of aromatic nitrogens is 1. The Bertz CT molecular complexity index is 841. The molecule has 1 N–H and O–H groups in total. The van der Waals surface area contributed by atoms with Crippen LogP contribution in [0.1, 0.15) is 36.6 Å². The molecule has 1 aromatic carbocycles. The highest BCUT2D eigenvalue weighted by Crippen LogP contribution is 2.42. The summed E-state index contributed by atoms with van der Waals surface area (Å²) in [5.41, 5.74) is 3.44. The molecule has 1 aromatic heterocycles. The van der Waals surface area contributed by atoms with E-state index >= 15 is 0 Å². The van der Waals surface area contributed by atoms with Crippen LogP contribution in [-0.4, -0.2) is 42.5 Å². The molecule has 6 heteroatoms. The quantitative estimate of drug-likeness (QED) is 0.870. The SMILES string of the molecule is COC(=O)CC1CC(=O)N2CCc3c([nH]c4ccc(OC)cc34)[C@@H]2C1. The Labute approximate surface area is 146 Å². The number of piperidine rings is 1. The minimum atomic E-state index is -0.247. The first-order chi connectivity index (χ1) is 12.1. The van der Waals surface area contributed by atoms with Gasteiger partial charge in [-0.05, 0) is 42.5 Å². The second-order valence-corrected chi connectivity index (χ2v) is 6.87. The lowest BCUT2D eigenvalue weighted by Gasteiger charge is -2.42. The molecule has 0 spiro atoms. The lowest BCUT2D eigenvalue weighted by atomic mass is 9.83. The number of hydrogen-bond acceptors (Lipinski definition) is 4. The molecule has 4 rings (SSSR count). The largest absolute Gasteiger partial charge is 0.497 e. The Hall–Kier alpha value is -2.50. The van der Waals surface area contributed by atoms with Gasteiger partial charge in [-0.3, -0.25) is 9.59 Å². The van der Waals surface area contributed by atoms with Crippen LogP contribution < -0.4 is 4.74 Å². The first-order valence-corrected chi connectivity index (χ1v) is 8.65. The standard InChI is InChI=1S/C19H22N2O4/c1-24-12-3-4-15-14(10-12)13-5-6-21-16(19(13)20-15)7-11(8-17(21)22)9-18(23)25-2/h3-4,10-11,16,20H,5-9H2,1-2H3/t11?,16-/m0/s1. The molecule has 1 unspecified atom stereocenters. The van der Waals surface area contributed by atoms with E-state index in [1.54, 1.807) is 7.11 Å². The van der Waals surface area contributed by atoms with Crippen molar-refractivity contribution in [3.05, 3.63) is 29.5 Å². The second-order valence-electron chi connectivity index (χ2n) is 6.87. The number of methoxy groups -OCH3 is 2. The number of rotatable bonds is 3. The maximum atomic E-state index is 12.6. The van der Waals surface area contributed by atoms with Crippen LogP contribution in [0, 0.1) is 5.92 Å². The van der Waals surface area contributed by atoms with Crippen molar-refractivity contribution in [2.45, 2.75) is 31.7 Å². The average molecular weight is 342 g/mol. The molecule has 2 aliphatic rings. The number of hydrogen-bond donors (Lipinski definition) is 1. The van der Waals surface area contributed by atoms with Crippen LogP contribution in [0.25, 0.3) is 10.9 Å². The lowest BCUT2D eigenvalue weighted by molar-refractivity contribution is -0.145. The third-order valence-electron chi connectivity index (χ3n) is 5.48. The summed E-state index contributed by atoms with van der Waals surface area (Å²) in [5.74, 6) is 0.754. The van der Waals surface area contributed by atoms with Gasteiger partial charge in [0, 0.05) is 36.0 Å². The van der Waals surface area contributed by atoms with Crippen LogP contribution in [0.3, 0.4) is 0 Å². The van der Waals surface area contributed by atoms with Gasteiger partial charge in [0.15, 0.2) is 0 Å². The second kappa shape index (κ2) is 6.10. The fourth-order valence-electron chi connectivity index (χ4n) is 4.25. The molecular formula is C19H22N2O4. The number of aromatic amines is 1. The van der Waals surface area contributed by atoms with Crippen LogP contribution in [0.15, 0.2) is 18.2 Å². The van der Waals surface area contributed by atoms with Gasteiger partial charge in [-0.25, -0.2) is 0 Å². The number of carbonyl (C=O) groups excluding carboxylic acids is 2. The number of carbonyl (C=O) groups is 2. The highest BCUT2D eigenvalue weighted by molar-refractivity contribution is 5.88. The third kappa shape index (κ3) is 2.65. The van der Waals surface area contributed by atoms with Crippen LogP contribution in [0.2, 0.25) is 0 Å². The number of nitrogens with zero attached hydrogens (tertiary/aromatic N) is 1. The van der Waals surface area contributed by atoms with Crippen molar-refractivity contribution in [2.75, 3.05) is 20.8 Å². The molecule has 1 saturated heterocycles. The van der Waals surface area contributed by atoms with Gasteiger partial charge in [0.2, 0.25) is 5.91 Å². The van der Waals surface area contributed by atoms with E-state index in [0.29, 0.717) is 12.8 Å². The van der Waals surface area contributed by atoms with Crippen LogP contribution in [-0.2, 0) is 20.7 Å². The zero-order chi connectivity index (χ0) is 17.6. The molecule has 0 radical (unpaired) electrons. The molecule has 0 aliphatic carbocycles. The molecule has 2 aromatic rings. The summed E-state index contributed by atoms with van der Waals surface area (Å²) >= 11 is 0. The summed E-state index contributed by atoms with van der Waals surface area (Å²) in [6.07, 6.45) is 2.36. The molecule has 6 nitrogen and oxygen atoms in total. The van der Waals surface area contributed by atoms with E-state index in [9.17, 15) is 9.59 Å². The van der Waals surface area contributed by atoms with E-state index in [2.05, 4.69) is 11.1 Å². The number of H-pyrrole nitrogens is 1. The maximum Gasteiger partial charge on any atom is 0.305 e. The molecule has 2 aliphatic heterocycles. The average Bonchev–Trinajstić information content (AvgIpc) is 2.99. The van der Waals surface area contributed by atoms with E-state index < -0.39 is 0 Å². The Morgan fingerprint density at radius 3 is 2.96 bits per heavy atom. The summed E-state index contributed by atoms with van der Waals surface area (Å²) < 4.78 is 10.1. The van der Waals surface area contributed by atoms with E-state index in [1.165, 1.54) is 12.7 Å². The fraction of sp³-hybridized carbons (Fsp3) is 0.474. The Balaban J connectivity index is 1.70. The monoisotopic (exact) mass is 342 g/mol. The topological polar surface area (TPSA) is 71.6 Å². The first-order valence-electron chi connectivity index (χ1n) is 8.65. The molecule has 132 valence electrons. The van der Waals surface area contributed by atoms with Gasteiger partial charge in [0.1, 0.15) is 5.75 Å². The Morgan fingerprint density at radius 1 is 1.36 bits per heavy atom. The molecule has 1 fully saturated rings. The van der Waals surface area contributed by atoms with Gasteiger partial charge >= 0.3 is 5.97 Å². The molecular weight excluding hydrogens is 320 g/mol. The molecule has 0 saturated carbocycles. The van der Waals surface area contributed by atoms with E-state index in [-0.39, 0.29) is 23.8 Å². The van der Waals surface area contributed by atoms with Crippen molar-refractivity contribution in [3.63, 3.8) is 0 Å². The Kier molecular flexibility index (Phi) is 3.90. The van der Waals surface area contributed by atoms with Gasteiger partial charge in [-0.1, -0.05) is 0 Å². The zero-order valence-electron chi connectivity index (χ0n) is 14.5. The van der Waals surface area contributed by atoms with Crippen LogP contribution in [0.5, 0.6) is 5.75 Å². The predicted octanol–water partition coefficient (Wildman–Crippen LogP) is 2.58. The van der Waals surface area contributed by atoms with E-state index in [0.717, 1.165) is 41.7 Å².